The maximum atomic E-state index is 13.2. The van der Waals surface area contributed by atoms with Crippen molar-refractivity contribution in [3.05, 3.63) is 65.7 Å². The standard InChI is InChI=1S/C18H19F2NO3/c1-11(21)18(22)23-12(2)17(13-3-5-14(19)6-4-13)24-16-9-7-15(20)8-10-16/h3-12,17H,21H2,1-2H3/t11-,12-,17-/m0/s1. The zero-order chi connectivity index (χ0) is 17.7. The Hall–Kier alpha value is -2.47. The highest BCUT2D eigenvalue weighted by Crippen LogP contribution is 2.27. The van der Waals surface area contributed by atoms with Crippen molar-refractivity contribution in [2.75, 3.05) is 0 Å². The van der Waals surface area contributed by atoms with E-state index in [9.17, 15) is 13.6 Å². The Morgan fingerprint density at radius 2 is 1.46 bits per heavy atom. The highest BCUT2D eigenvalue weighted by atomic mass is 19.1. The van der Waals surface area contributed by atoms with Gasteiger partial charge < -0.3 is 15.2 Å². The van der Waals surface area contributed by atoms with Crippen LogP contribution in [-0.4, -0.2) is 18.1 Å². The van der Waals surface area contributed by atoms with Gasteiger partial charge in [-0.15, -0.1) is 0 Å². The third-order valence-electron chi connectivity index (χ3n) is 3.38. The van der Waals surface area contributed by atoms with E-state index in [4.69, 9.17) is 15.2 Å². The summed E-state index contributed by atoms with van der Waals surface area (Å²) in [5.74, 6) is -0.955. The second-order valence-corrected chi connectivity index (χ2v) is 5.47. The molecule has 6 heteroatoms. The molecule has 0 fully saturated rings. The van der Waals surface area contributed by atoms with Gasteiger partial charge >= 0.3 is 5.97 Å². The minimum Gasteiger partial charge on any atom is -0.482 e. The van der Waals surface area contributed by atoms with Crippen LogP contribution in [0, 0.1) is 11.6 Å². The van der Waals surface area contributed by atoms with Gasteiger partial charge in [-0.05, 0) is 55.8 Å². The zero-order valence-electron chi connectivity index (χ0n) is 13.4. The van der Waals surface area contributed by atoms with E-state index >= 15 is 0 Å². The quantitative estimate of drug-likeness (QED) is 0.822. The van der Waals surface area contributed by atoms with Crippen LogP contribution in [0.5, 0.6) is 5.75 Å². The molecule has 24 heavy (non-hydrogen) atoms. The van der Waals surface area contributed by atoms with Crippen molar-refractivity contribution in [2.45, 2.75) is 32.1 Å². The van der Waals surface area contributed by atoms with E-state index in [0.717, 1.165) is 0 Å². The number of ether oxygens (including phenoxy) is 2. The molecule has 2 aromatic rings. The molecule has 2 N–H and O–H groups in total. The smallest absolute Gasteiger partial charge is 0.323 e. The predicted molar refractivity (Wildman–Crippen MR) is 85.4 cm³/mol. The lowest BCUT2D eigenvalue weighted by Gasteiger charge is -2.26. The molecular weight excluding hydrogens is 316 g/mol. The number of hydrogen-bond acceptors (Lipinski definition) is 4. The van der Waals surface area contributed by atoms with Crippen LogP contribution in [0.2, 0.25) is 0 Å². The normalized spacial score (nSPS) is 14.5. The molecule has 0 saturated carbocycles. The van der Waals surface area contributed by atoms with Crippen molar-refractivity contribution in [3.63, 3.8) is 0 Å². The Morgan fingerprint density at radius 3 is 1.96 bits per heavy atom. The van der Waals surface area contributed by atoms with Gasteiger partial charge in [0.1, 0.15) is 29.5 Å². The van der Waals surface area contributed by atoms with Gasteiger partial charge in [-0.2, -0.15) is 0 Å². The minimum atomic E-state index is -0.771. The topological polar surface area (TPSA) is 61.6 Å². The third kappa shape index (κ3) is 4.76. The Morgan fingerprint density at radius 1 is 0.958 bits per heavy atom. The number of hydrogen-bond donors (Lipinski definition) is 1. The number of benzene rings is 2. The molecule has 128 valence electrons. The largest absolute Gasteiger partial charge is 0.482 e. The summed E-state index contributed by atoms with van der Waals surface area (Å²) in [6.07, 6.45) is -1.38. The van der Waals surface area contributed by atoms with Crippen molar-refractivity contribution in [2.24, 2.45) is 5.73 Å². The first-order valence-electron chi connectivity index (χ1n) is 7.50. The summed E-state index contributed by atoms with van der Waals surface area (Å²) in [5.41, 5.74) is 6.12. The number of rotatable bonds is 6. The molecule has 0 heterocycles. The monoisotopic (exact) mass is 335 g/mol. The van der Waals surface area contributed by atoms with Crippen molar-refractivity contribution in [1.29, 1.82) is 0 Å². The van der Waals surface area contributed by atoms with Crippen molar-refractivity contribution in [3.8, 4) is 5.75 Å². The Kier molecular flexibility index (Phi) is 5.87. The fourth-order valence-electron chi connectivity index (χ4n) is 2.10. The first-order chi connectivity index (χ1) is 11.4. The highest BCUT2D eigenvalue weighted by Gasteiger charge is 2.26. The fraction of sp³-hybridized carbons (Fsp3) is 0.278. The van der Waals surface area contributed by atoms with Crippen LogP contribution in [0.4, 0.5) is 8.78 Å². The molecule has 0 unspecified atom stereocenters. The molecule has 0 spiro atoms. The molecule has 0 radical (unpaired) electrons. The summed E-state index contributed by atoms with van der Waals surface area (Å²) in [4.78, 5) is 11.7. The van der Waals surface area contributed by atoms with Gasteiger partial charge in [-0.25, -0.2) is 8.78 Å². The summed E-state index contributed by atoms with van der Waals surface area (Å²) in [6, 6.07) is 10.3. The lowest BCUT2D eigenvalue weighted by Crippen LogP contribution is -2.34. The Labute approximate surface area is 139 Å². The zero-order valence-corrected chi connectivity index (χ0v) is 13.4. The number of halogens is 2. The minimum absolute atomic E-state index is 0.389. The van der Waals surface area contributed by atoms with Gasteiger partial charge in [0.25, 0.3) is 0 Å². The van der Waals surface area contributed by atoms with Gasteiger partial charge in [-0.3, -0.25) is 4.79 Å². The third-order valence-corrected chi connectivity index (χ3v) is 3.38. The summed E-state index contributed by atoms with van der Waals surface area (Å²) in [7, 11) is 0. The van der Waals surface area contributed by atoms with E-state index in [1.54, 1.807) is 19.1 Å². The van der Waals surface area contributed by atoms with Crippen LogP contribution in [0.1, 0.15) is 25.5 Å². The molecule has 0 aliphatic heterocycles. The van der Waals surface area contributed by atoms with E-state index in [1.807, 2.05) is 0 Å². The molecule has 3 atom stereocenters. The van der Waals surface area contributed by atoms with Crippen molar-refractivity contribution in [1.82, 2.24) is 0 Å². The number of carbonyl (C=O) groups is 1. The Bertz CT molecular complexity index is 672. The highest BCUT2D eigenvalue weighted by molar-refractivity contribution is 5.75. The van der Waals surface area contributed by atoms with Crippen LogP contribution in [0.25, 0.3) is 0 Å². The molecule has 0 bridgehead atoms. The van der Waals surface area contributed by atoms with Crippen LogP contribution in [0.3, 0.4) is 0 Å². The molecular formula is C18H19F2NO3. The van der Waals surface area contributed by atoms with Crippen molar-refractivity contribution < 1.29 is 23.0 Å². The average Bonchev–Trinajstić information content (AvgIpc) is 2.55. The first kappa shape index (κ1) is 17.9. The predicted octanol–water partition coefficient (Wildman–Crippen LogP) is 3.36. The molecule has 4 nitrogen and oxygen atoms in total. The van der Waals surface area contributed by atoms with Gasteiger partial charge in [0, 0.05) is 0 Å². The summed E-state index contributed by atoms with van der Waals surface area (Å²) in [5, 5.41) is 0. The van der Waals surface area contributed by atoms with Gasteiger partial charge in [0.05, 0.1) is 0 Å². The number of esters is 1. The lowest BCUT2D eigenvalue weighted by atomic mass is 10.0. The summed E-state index contributed by atoms with van der Waals surface area (Å²) in [6.45, 7) is 3.17. The lowest BCUT2D eigenvalue weighted by molar-refractivity contribution is -0.154. The average molecular weight is 335 g/mol. The fourth-order valence-corrected chi connectivity index (χ4v) is 2.10. The molecule has 0 amide bonds. The summed E-state index contributed by atoms with van der Waals surface area (Å²) >= 11 is 0. The van der Waals surface area contributed by atoms with E-state index < -0.39 is 30.0 Å². The van der Waals surface area contributed by atoms with Crippen LogP contribution in [0.15, 0.2) is 48.5 Å². The van der Waals surface area contributed by atoms with Gasteiger partial charge in [0.2, 0.25) is 0 Å². The molecule has 0 aromatic heterocycles. The molecule has 2 rings (SSSR count). The SMILES string of the molecule is C[C@H](N)C(=O)O[C@@H](C)[C@H](Oc1ccc(F)cc1)c1ccc(F)cc1. The Balaban J connectivity index is 2.24. The van der Waals surface area contributed by atoms with E-state index in [0.29, 0.717) is 11.3 Å². The van der Waals surface area contributed by atoms with Crippen LogP contribution in [-0.2, 0) is 9.53 Å². The maximum Gasteiger partial charge on any atom is 0.323 e. The van der Waals surface area contributed by atoms with E-state index in [-0.39, 0.29) is 5.82 Å². The first-order valence-corrected chi connectivity index (χ1v) is 7.50. The molecule has 0 aliphatic rings. The molecule has 0 saturated heterocycles. The number of carbonyl (C=O) groups excluding carboxylic acids is 1. The van der Waals surface area contributed by atoms with Crippen LogP contribution < -0.4 is 10.5 Å². The second-order valence-electron chi connectivity index (χ2n) is 5.47. The van der Waals surface area contributed by atoms with Gasteiger partial charge in [0.15, 0.2) is 6.10 Å². The van der Waals surface area contributed by atoms with E-state index in [2.05, 4.69) is 0 Å². The second kappa shape index (κ2) is 7.88. The number of nitrogens with two attached hydrogens (primary N) is 1. The van der Waals surface area contributed by atoms with E-state index in [1.165, 1.54) is 43.3 Å². The molecule has 0 aliphatic carbocycles. The van der Waals surface area contributed by atoms with Crippen LogP contribution >= 0.6 is 0 Å². The van der Waals surface area contributed by atoms with Crippen molar-refractivity contribution >= 4 is 5.97 Å². The summed E-state index contributed by atoms with van der Waals surface area (Å²) < 4.78 is 37.3. The van der Waals surface area contributed by atoms with Gasteiger partial charge in [-0.1, -0.05) is 12.1 Å². The molecule has 2 aromatic carbocycles. The maximum absolute atomic E-state index is 13.2.